The number of rotatable bonds is 1. The summed E-state index contributed by atoms with van der Waals surface area (Å²) in [5.41, 5.74) is 1.80. The van der Waals surface area contributed by atoms with Gasteiger partial charge >= 0.3 is 6.18 Å². The van der Waals surface area contributed by atoms with Crippen LogP contribution in [0.4, 0.5) is 27.6 Å². The number of nitrogens with zero attached hydrogens (tertiary/aromatic N) is 1. The lowest BCUT2D eigenvalue weighted by Crippen LogP contribution is -2.13. The van der Waals surface area contributed by atoms with Crippen LogP contribution in [0.5, 0.6) is 0 Å². The molecule has 1 heterocycles. The molecule has 0 aliphatic rings. The maximum absolute atomic E-state index is 12.4. The summed E-state index contributed by atoms with van der Waals surface area (Å²) in [4.78, 5) is 3.31. The number of anilines is 1. The minimum Gasteiger partial charge on any atom is -0.397 e. The van der Waals surface area contributed by atoms with Gasteiger partial charge in [-0.05, 0) is 6.92 Å². The maximum Gasteiger partial charge on any atom is 0.418 e. The van der Waals surface area contributed by atoms with Crippen molar-refractivity contribution in [3.8, 4) is 0 Å². The third-order valence-corrected chi connectivity index (χ3v) is 1.88. The van der Waals surface area contributed by atoms with Crippen molar-refractivity contribution in [1.29, 1.82) is 0 Å². The number of hydrogen-bond acceptors (Lipinski definition) is 2. The van der Waals surface area contributed by atoms with E-state index in [9.17, 15) is 22.0 Å². The number of aromatic nitrogens is 1. The van der Waals surface area contributed by atoms with Gasteiger partial charge in [-0.15, -0.1) is 0 Å². The highest BCUT2D eigenvalue weighted by atomic mass is 19.4. The van der Waals surface area contributed by atoms with Crippen LogP contribution in [0.1, 0.15) is 23.2 Å². The average molecular weight is 226 g/mol. The van der Waals surface area contributed by atoms with E-state index in [2.05, 4.69) is 4.98 Å². The van der Waals surface area contributed by atoms with Crippen molar-refractivity contribution < 1.29 is 22.0 Å². The van der Waals surface area contributed by atoms with Crippen molar-refractivity contribution >= 4 is 5.69 Å². The Balaban J connectivity index is 3.47. The third kappa shape index (κ3) is 2.16. The van der Waals surface area contributed by atoms with Gasteiger partial charge in [-0.25, -0.2) is 8.78 Å². The lowest BCUT2D eigenvalue weighted by Gasteiger charge is -2.14. The van der Waals surface area contributed by atoms with E-state index < -0.39 is 29.4 Å². The second kappa shape index (κ2) is 3.63. The molecule has 2 nitrogen and oxygen atoms in total. The van der Waals surface area contributed by atoms with E-state index in [4.69, 9.17) is 5.73 Å². The molecule has 0 fully saturated rings. The van der Waals surface area contributed by atoms with E-state index >= 15 is 0 Å². The Morgan fingerprint density at radius 3 is 2.27 bits per heavy atom. The highest BCUT2D eigenvalue weighted by Gasteiger charge is 2.37. The van der Waals surface area contributed by atoms with Crippen molar-refractivity contribution in [1.82, 2.24) is 4.98 Å². The largest absolute Gasteiger partial charge is 0.418 e. The van der Waals surface area contributed by atoms with Crippen LogP contribution < -0.4 is 5.73 Å². The quantitative estimate of drug-likeness (QED) is 0.747. The molecule has 1 aromatic heterocycles. The first kappa shape index (κ1) is 11.7. The number of aryl methyl sites for hydroxylation is 1. The van der Waals surface area contributed by atoms with Crippen LogP contribution in [0.15, 0.2) is 6.20 Å². The number of alkyl halides is 5. The maximum atomic E-state index is 12.4. The first-order valence-electron chi connectivity index (χ1n) is 3.85. The van der Waals surface area contributed by atoms with Gasteiger partial charge in [-0.2, -0.15) is 13.2 Å². The molecule has 0 unspecified atom stereocenters. The van der Waals surface area contributed by atoms with Gasteiger partial charge in [0.25, 0.3) is 6.43 Å². The highest BCUT2D eigenvalue weighted by molar-refractivity contribution is 5.54. The number of pyridine rings is 1. The molecule has 0 amide bonds. The van der Waals surface area contributed by atoms with Gasteiger partial charge in [-0.3, -0.25) is 4.98 Å². The smallest absolute Gasteiger partial charge is 0.397 e. The standard InChI is InChI=1S/C8H7F5N2/c1-3-6(14)5(7(9)10)4(2-15-3)8(11,12)13/h2,7H,14H2,1H3. The fourth-order valence-corrected chi connectivity index (χ4v) is 1.10. The van der Waals surface area contributed by atoms with Gasteiger partial charge in [0.15, 0.2) is 0 Å². The van der Waals surface area contributed by atoms with Crippen LogP contribution in [-0.4, -0.2) is 4.98 Å². The fraction of sp³-hybridized carbons (Fsp3) is 0.375. The molecular formula is C8H7F5N2. The summed E-state index contributed by atoms with van der Waals surface area (Å²) in [6.07, 6.45) is -7.78. The van der Waals surface area contributed by atoms with E-state index in [1.165, 1.54) is 6.92 Å². The van der Waals surface area contributed by atoms with Crippen LogP contribution in [0.2, 0.25) is 0 Å². The lowest BCUT2D eigenvalue weighted by molar-refractivity contribution is -0.139. The Labute approximate surface area is 81.9 Å². The predicted octanol–water partition coefficient (Wildman–Crippen LogP) is 2.93. The summed E-state index contributed by atoms with van der Waals surface area (Å²) >= 11 is 0. The highest BCUT2D eigenvalue weighted by Crippen LogP contribution is 2.39. The molecule has 0 aliphatic heterocycles. The topological polar surface area (TPSA) is 38.9 Å². The van der Waals surface area contributed by atoms with Crippen LogP contribution in [0, 0.1) is 6.92 Å². The summed E-state index contributed by atoms with van der Waals surface area (Å²) < 4.78 is 61.7. The molecule has 1 aromatic rings. The summed E-state index contributed by atoms with van der Waals surface area (Å²) in [5.74, 6) is 0. The van der Waals surface area contributed by atoms with Crippen molar-refractivity contribution in [2.45, 2.75) is 19.5 Å². The summed E-state index contributed by atoms with van der Waals surface area (Å²) in [6.45, 7) is 1.27. The molecule has 0 saturated carbocycles. The molecule has 0 atom stereocenters. The van der Waals surface area contributed by atoms with Crippen molar-refractivity contribution in [3.05, 3.63) is 23.0 Å². The molecule has 0 aliphatic carbocycles. The Bertz CT molecular complexity index is 372. The van der Waals surface area contributed by atoms with E-state index in [-0.39, 0.29) is 5.69 Å². The van der Waals surface area contributed by atoms with Crippen LogP contribution in [0.3, 0.4) is 0 Å². The van der Waals surface area contributed by atoms with E-state index in [1.807, 2.05) is 0 Å². The molecular weight excluding hydrogens is 219 g/mol. The number of hydrogen-bond donors (Lipinski definition) is 1. The Morgan fingerprint density at radius 2 is 1.87 bits per heavy atom. The molecule has 1 rings (SSSR count). The minimum absolute atomic E-state index is 0.0432. The lowest BCUT2D eigenvalue weighted by atomic mass is 10.1. The number of nitrogens with two attached hydrogens (primary N) is 1. The van der Waals surface area contributed by atoms with Crippen LogP contribution >= 0.6 is 0 Å². The zero-order valence-electron chi connectivity index (χ0n) is 7.57. The number of halogens is 5. The summed E-state index contributed by atoms with van der Waals surface area (Å²) in [5, 5.41) is 0. The minimum atomic E-state index is -4.87. The van der Waals surface area contributed by atoms with Crippen molar-refractivity contribution in [2.24, 2.45) is 0 Å². The molecule has 15 heavy (non-hydrogen) atoms. The molecule has 84 valence electrons. The molecule has 7 heteroatoms. The second-order valence-electron chi connectivity index (χ2n) is 2.88. The Hall–Kier alpha value is -1.40. The van der Waals surface area contributed by atoms with E-state index in [1.54, 1.807) is 0 Å². The molecule has 2 N–H and O–H groups in total. The number of nitrogen functional groups attached to an aromatic ring is 1. The molecule has 0 bridgehead atoms. The average Bonchev–Trinajstić information content (AvgIpc) is 2.06. The zero-order chi connectivity index (χ0) is 11.8. The van der Waals surface area contributed by atoms with Crippen LogP contribution in [0.25, 0.3) is 0 Å². The fourth-order valence-electron chi connectivity index (χ4n) is 1.10. The SMILES string of the molecule is Cc1ncc(C(F)(F)F)c(C(F)F)c1N. The summed E-state index contributed by atoms with van der Waals surface area (Å²) in [6, 6.07) is 0. The van der Waals surface area contributed by atoms with E-state index in [0.29, 0.717) is 6.20 Å². The summed E-state index contributed by atoms with van der Waals surface area (Å²) in [7, 11) is 0. The van der Waals surface area contributed by atoms with Gasteiger partial charge < -0.3 is 5.73 Å². The predicted molar refractivity (Wildman–Crippen MR) is 43.3 cm³/mol. The third-order valence-electron chi connectivity index (χ3n) is 1.88. The van der Waals surface area contributed by atoms with Crippen molar-refractivity contribution in [2.75, 3.05) is 5.73 Å². The van der Waals surface area contributed by atoms with E-state index in [0.717, 1.165) is 0 Å². The van der Waals surface area contributed by atoms with Gasteiger partial charge in [0.1, 0.15) is 0 Å². The monoisotopic (exact) mass is 226 g/mol. The van der Waals surface area contributed by atoms with Crippen LogP contribution in [-0.2, 0) is 6.18 Å². The van der Waals surface area contributed by atoms with Gasteiger partial charge in [-0.1, -0.05) is 0 Å². The first-order valence-corrected chi connectivity index (χ1v) is 3.85. The van der Waals surface area contributed by atoms with Crippen molar-refractivity contribution in [3.63, 3.8) is 0 Å². The molecule has 0 radical (unpaired) electrons. The zero-order valence-corrected chi connectivity index (χ0v) is 7.57. The second-order valence-corrected chi connectivity index (χ2v) is 2.88. The normalized spacial score (nSPS) is 12.2. The van der Waals surface area contributed by atoms with Gasteiger partial charge in [0.05, 0.1) is 22.5 Å². The Morgan fingerprint density at radius 1 is 1.33 bits per heavy atom. The molecule has 0 spiro atoms. The molecule has 0 aromatic carbocycles. The first-order chi connectivity index (χ1) is 6.75. The van der Waals surface area contributed by atoms with Gasteiger partial charge in [0.2, 0.25) is 0 Å². The Kier molecular flexibility index (Phi) is 2.83. The van der Waals surface area contributed by atoms with Gasteiger partial charge in [0, 0.05) is 6.20 Å². The molecule has 0 saturated heterocycles.